The van der Waals surface area contributed by atoms with E-state index in [4.69, 9.17) is 21.1 Å². The second-order valence-corrected chi connectivity index (χ2v) is 5.18. The molecule has 2 aromatic rings. The number of nitrogens with zero attached hydrogens (tertiary/aromatic N) is 1. The Hall–Kier alpha value is -2.53. The summed E-state index contributed by atoms with van der Waals surface area (Å²) >= 11 is 6.10. The van der Waals surface area contributed by atoms with E-state index in [-0.39, 0.29) is 17.9 Å². The zero-order valence-corrected chi connectivity index (χ0v) is 12.5. The number of para-hydroxylation sites is 1. The number of benzene rings is 2. The monoisotopic (exact) mass is 317 g/mol. The molecule has 0 aliphatic carbocycles. The average Bonchev–Trinajstić information content (AvgIpc) is 2.53. The predicted molar refractivity (Wildman–Crippen MR) is 82.7 cm³/mol. The van der Waals surface area contributed by atoms with E-state index in [0.717, 1.165) is 5.56 Å². The van der Waals surface area contributed by atoms with Crippen LogP contribution in [0.25, 0.3) is 5.76 Å². The van der Waals surface area contributed by atoms with E-state index in [0.29, 0.717) is 22.1 Å². The molecule has 0 aromatic heterocycles. The van der Waals surface area contributed by atoms with Gasteiger partial charge in [0.15, 0.2) is 0 Å². The number of ether oxygens (including phenoxy) is 2. The molecule has 1 aliphatic heterocycles. The van der Waals surface area contributed by atoms with Crippen LogP contribution in [0.4, 0.5) is 0 Å². The third-order valence-corrected chi connectivity index (χ3v) is 3.73. The second-order valence-electron chi connectivity index (χ2n) is 4.77. The standard InChI is InChI=1S/C16H12ClNO4/c1-21-15-7-6-11(8-12(15)17)16-13(18(19)20)9-10-4-2-3-5-14(10)22-16/h2-8H,9H2,1H3. The molecular formula is C16H12ClNO4. The van der Waals surface area contributed by atoms with Crippen molar-refractivity contribution in [2.24, 2.45) is 0 Å². The van der Waals surface area contributed by atoms with Crippen molar-refractivity contribution in [3.63, 3.8) is 0 Å². The molecule has 0 saturated carbocycles. The number of halogens is 1. The van der Waals surface area contributed by atoms with E-state index in [1.807, 2.05) is 18.2 Å². The van der Waals surface area contributed by atoms with Crippen LogP contribution in [0.1, 0.15) is 11.1 Å². The van der Waals surface area contributed by atoms with Crippen molar-refractivity contribution in [2.45, 2.75) is 6.42 Å². The molecule has 0 fully saturated rings. The van der Waals surface area contributed by atoms with Crippen molar-refractivity contribution in [1.82, 2.24) is 0 Å². The van der Waals surface area contributed by atoms with E-state index in [1.54, 1.807) is 24.3 Å². The molecule has 0 unspecified atom stereocenters. The number of nitro groups is 1. The van der Waals surface area contributed by atoms with Crippen molar-refractivity contribution >= 4 is 17.4 Å². The molecule has 0 radical (unpaired) electrons. The fourth-order valence-corrected chi connectivity index (χ4v) is 2.62. The largest absolute Gasteiger partial charge is 0.495 e. The molecule has 0 N–H and O–H groups in total. The highest BCUT2D eigenvalue weighted by molar-refractivity contribution is 6.32. The average molecular weight is 318 g/mol. The zero-order valence-electron chi connectivity index (χ0n) is 11.7. The van der Waals surface area contributed by atoms with Gasteiger partial charge in [0, 0.05) is 11.1 Å². The van der Waals surface area contributed by atoms with E-state index in [2.05, 4.69) is 0 Å². The van der Waals surface area contributed by atoms with E-state index in [9.17, 15) is 10.1 Å². The molecule has 0 saturated heterocycles. The minimum atomic E-state index is -0.413. The van der Waals surface area contributed by atoms with Crippen molar-refractivity contribution < 1.29 is 14.4 Å². The van der Waals surface area contributed by atoms with Gasteiger partial charge in [-0.2, -0.15) is 0 Å². The summed E-state index contributed by atoms with van der Waals surface area (Å²) in [6.45, 7) is 0. The van der Waals surface area contributed by atoms with Crippen LogP contribution in [-0.2, 0) is 6.42 Å². The lowest BCUT2D eigenvalue weighted by Gasteiger charge is -2.19. The summed E-state index contributed by atoms with van der Waals surface area (Å²) in [6, 6.07) is 12.2. The highest BCUT2D eigenvalue weighted by Crippen LogP contribution is 2.36. The van der Waals surface area contributed by atoms with Crippen LogP contribution < -0.4 is 9.47 Å². The predicted octanol–water partition coefficient (Wildman–Crippen LogP) is 3.93. The van der Waals surface area contributed by atoms with Crippen molar-refractivity contribution in [3.05, 3.63) is 74.4 Å². The molecule has 1 heterocycles. The minimum absolute atomic E-state index is 0.0138. The van der Waals surface area contributed by atoms with Gasteiger partial charge in [0.05, 0.1) is 23.5 Å². The first-order valence-corrected chi connectivity index (χ1v) is 6.95. The topological polar surface area (TPSA) is 61.6 Å². The Morgan fingerprint density at radius 2 is 2.05 bits per heavy atom. The quantitative estimate of drug-likeness (QED) is 0.635. The van der Waals surface area contributed by atoms with Gasteiger partial charge in [-0.1, -0.05) is 29.8 Å². The maximum absolute atomic E-state index is 11.4. The number of methoxy groups -OCH3 is 1. The normalized spacial score (nSPS) is 13.4. The summed E-state index contributed by atoms with van der Waals surface area (Å²) in [7, 11) is 1.51. The second kappa shape index (κ2) is 5.69. The lowest BCUT2D eigenvalue weighted by molar-refractivity contribution is -0.427. The molecule has 112 valence electrons. The van der Waals surface area contributed by atoms with Crippen molar-refractivity contribution in [2.75, 3.05) is 7.11 Å². The fraction of sp³-hybridized carbons (Fsp3) is 0.125. The SMILES string of the molecule is COc1ccc(C2=C([N+](=O)[O-])Cc3ccccc3O2)cc1Cl. The van der Waals surface area contributed by atoms with Crippen LogP contribution in [0.5, 0.6) is 11.5 Å². The van der Waals surface area contributed by atoms with Gasteiger partial charge in [0.2, 0.25) is 5.76 Å². The fourth-order valence-electron chi connectivity index (χ4n) is 2.36. The maximum Gasteiger partial charge on any atom is 0.293 e. The first-order valence-electron chi connectivity index (χ1n) is 6.57. The summed E-state index contributed by atoms with van der Waals surface area (Å²) in [5.74, 6) is 1.34. The molecule has 0 atom stereocenters. The molecule has 6 heteroatoms. The Morgan fingerprint density at radius 1 is 1.27 bits per heavy atom. The molecule has 0 spiro atoms. The number of allylic oxidation sites excluding steroid dienone is 1. The highest BCUT2D eigenvalue weighted by Gasteiger charge is 2.29. The van der Waals surface area contributed by atoms with Crippen LogP contribution in [0.15, 0.2) is 48.2 Å². The number of hydrogen-bond donors (Lipinski definition) is 0. The molecule has 5 nitrogen and oxygen atoms in total. The molecule has 22 heavy (non-hydrogen) atoms. The van der Waals surface area contributed by atoms with Crippen LogP contribution in [-0.4, -0.2) is 12.0 Å². The van der Waals surface area contributed by atoms with Crippen molar-refractivity contribution in [3.8, 4) is 11.5 Å². The number of hydrogen-bond acceptors (Lipinski definition) is 4. The lowest BCUT2D eigenvalue weighted by Crippen LogP contribution is -2.15. The summed E-state index contributed by atoms with van der Waals surface area (Å²) in [6.07, 6.45) is 0.210. The smallest absolute Gasteiger partial charge is 0.293 e. The van der Waals surface area contributed by atoms with Gasteiger partial charge in [-0.15, -0.1) is 0 Å². The Balaban J connectivity index is 2.10. The van der Waals surface area contributed by atoms with Crippen LogP contribution >= 0.6 is 11.6 Å². The maximum atomic E-state index is 11.4. The lowest BCUT2D eigenvalue weighted by atomic mass is 10.0. The molecule has 2 aromatic carbocycles. The highest BCUT2D eigenvalue weighted by atomic mass is 35.5. The Labute approximate surface area is 131 Å². The first kappa shape index (κ1) is 14.4. The van der Waals surface area contributed by atoms with E-state index in [1.165, 1.54) is 7.11 Å². The van der Waals surface area contributed by atoms with E-state index < -0.39 is 4.92 Å². The van der Waals surface area contributed by atoms with Gasteiger partial charge in [0.25, 0.3) is 5.70 Å². The van der Waals surface area contributed by atoms with Gasteiger partial charge in [-0.3, -0.25) is 10.1 Å². The zero-order chi connectivity index (χ0) is 15.7. The van der Waals surface area contributed by atoms with Crippen LogP contribution in [0.3, 0.4) is 0 Å². The van der Waals surface area contributed by atoms with Gasteiger partial charge in [-0.25, -0.2) is 0 Å². The Morgan fingerprint density at radius 3 is 2.73 bits per heavy atom. The molecule has 0 amide bonds. The van der Waals surface area contributed by atoms with E-state index >= 15 is 0 Å². The third-order valence-electron chi connectivity index (χ3n) is 3.44. The first-order chi connectivity index (χ1) is 10.6. The summed E-state index contributed by atoms with van der Waals surface area (Å²) < 4.78 is 10.9. The molecule has 1 aliphatic rings. The summed E-state index contributed by atoms with van der Waals surface area (Å²) in [4.78, 5) is 11.0. The van der Waals surface area contributed by atoms with Crippen LogP contribution in [0.2, 0.25) is 5.02 Å². The van der Waals surface area contributed by atoms with Gasteiger partial charge < -0.3 is 9.47 Å². The molecule has 3 rings (SSSR count). The van der Waals surface area contributed by atoms with Crippen molar-refractivity contribution in [1.29, 1.82) is 0 Å². The molecule has 0 bridgehead atoms. The van der Waals surface area contributed by atoms with Gasteiger partial charge >= 0.3 is 0 Å². The van der Waals surface area contributed by atoms with Gasteiger partial charge in [-0.05, 0) is 24.3 Å². The Bertz CT molecular complexity index is 785. The Kier molecular flexibility index (Phi) is 3.73. The molecular weight excluding hydrogens is 306 g/mol. The third kappa shape index (κ3) is 2.51. The number of fused-ring (bicyclic) bond motifs is 1. The van der Waals surface area contributed by atoms with Gasteiger partial charge in [0.1, 0.15) is 11.5 Å². The number of rotatable bonds is 3. The van der Waals surface area contributed by atoms with Crippen LogP contribution in [0, 0.1) is 10.1 Å². The minimum Gasteiger partial charge on any atom is -0.495 e. The summed E-state index contributed by atoms with van der Waals surface area (Å²) in [5.41, 5.74) is 1.35. The summed E-state index contributed by atoms with van der Waals surface area (Å²) in [5, 5.41) is 11.7.